The number of carbonyl (C=O) groups is 1. The van der Waals surface area contributed by atoms with Gasteiger partial charge in [0.1, 0.15) is 17.1 Å². The van der Waals surface area contributed by atoms with Gasteiger partial charge in [-0.25, -0.2) is 0 Å². The summed E-state index contributed by atoms with van der Waals surface area (Å²) >= 11 is 11.9. The zero-order chi connectivity index (χ0) is 18.9. The van der Waals surface area contributed by atoms with E-state index in [4.69, 9.17) is 32.7 Å². The topological polar surface area (TPSA) is 47.6 Å². The molecule has 2 aromatic carbocycles. The van der Waals surface area contributed by atoms with Gasteiger partial charge >= 0.3 is 0 Å². The molecule has 1 amide bonds. The van der Waals surface area contributed by atoms with Crippen LogP contribution in [0.25, 0.3) is 0 Å². The fourth-order valence-electron chi connectivity index (χ4n) is 3.06. The summed E-state index contributed by atoms with van der Waals surface area (Å²) in [5.74, 6) is 1.02. The molecule has 0 saturated heterocycles. The molecule has 1 unspecified atom stereocenters. The predicted octanol–water partition coefficient (Wildman–Crippen LogP) is 5.10. The summed E-state index contributed by atoms with van der Waals surface area (Å²) in [6.45, 7) is 5.92. The largest absolute Gasteiger partial charge is 0.487 e. The molecule has 1 atom stereocenters. The van der Waals surface area contributed by atoms with Gasteiger partial charge < -0.3 is 14.8 Å². The van der Waals surface area contributed by atoms with Crippen molar-refractivity contribution in [3.8, 4) is 11.5 Å². The van der Waals surface area contributed by atoms with Crippen molar-refractivity contribution in [3.05, 3.63) is 57.6 Å². The second-order valence-electron chi connectivity index (χ2n) is 7.09. The molecule has 0 aromatic heterocycles. The number of aryl methyl sites for hydroxylation is 1. The SMILES string of the molecule is Cc1ccc2c(c1)OC(C)(C)CC2NC(=O)COc1ccc(Cl)cc1Cl. The Balaban J connectivity index is 1.69. The summed E-state index contributed by atoms with van der Waals surface area (Å²) in [5.41, 5.74) is 1.74. The van der Waals surface area contributed by atoms with Gasteiger partial charge in [0, 0.05) is 17.0 Å². The van der Waals surface area contributed by atoms with E-state index in [0.29, 0.717) is 22.2 Å². The maximum atomic E-state index is 12.4. The Hall–Kier alpha value is -1.91. The molecule has 0 saturated carbocycles. The van der Waals surface area contributed by atoms with E-state index in [-0.39, 0.29) is 24.2 Å². The number of hydrogen-bond acceptors (Lipinski definition) is 3. The van der Waals surface area contributed by atoms with Gasteiger partial charge in [-0.2, -0.15) is 0 Å². The smallest absolute Gasteiger partial charge is 0.258 e. The van der Waals surface area contributed by atoms with E-state index in [1.807, 2.05) is 39.0 Å². The van der Waals surface area contributed by atoms with Crippen molar-refractivity contribution in [1.29, 1.82) is 0 Å². The molecule has 1 aliphatic heterocycles. The highest BCUT2D eigenvalue weighted by Crippen LogP contribution is 2.39. The molecule has 2 aromatic rings. The van der Waals surface area contributed by atoms with Crippen LogP contribution in [0, 0.1) is 6.92 Å². The van der Waals surface area contributed by atoms with Gasteiger partial charge in [-0.15, -0.1) is 0 Å². The lowest BCUT2D eigenvalue weighted by molar-refractivity contribution is -0.124. The van der Waals surface area contributed by atoms with Crippen LogP contribution in [-0.2, 0) is 4.79 Å². The van der Waals surface area contributed by atoms with Crippen LogP contribution in [0.1, 0.15) is 37.4 Å². The average molecular weight is 394 g/mol. The fraction of sp³-hybridized carbons (Fsp3) is 0.350. The highest BCUT2D eigenvalue weighted by atomic mass is 35.5. The minimum atomic E-state index is -0.362. The van der Waals surface area contributed by atoms with Crippen LogP contribution in [0.2, 0.25) is 10.0 Å². The summed E-state index contributed by atoms with van der Waals surface area (Å²) in [6, 6.07) is 10.8. The molecule has 1 N–H and O–H groups in total. The van der Waals surface area contributed by atoms with Gasteiger partial charge in [0.25, 0.3) is 5.91 Å². The van der Waals surface area contributed by atoms with Crippen molar-refractivity contribution in [2.45, 2.75) is 38.8 Å². The van der Waals surface area contributed by atoms with Crippen molar-refractivity contribution in [2.75, 3.05) is 6.61 Å². The highest BCUT2D eigenvalue weighted by molar-refractivity contribution is 6.35. The van der Waals surface area contributed by atoms with E-state index in [1.54, 1.807) is 18.2 Å². The second kappa shape index (κ2) is 7.37. The molecule has 0 spiro atoms. The summed E-state index contributed by atoms with van der Waals surface area (Å²) in [5, 5.41) is 3.93. The Kier molecular flexibility index (Phi) is 5.35. The Labute approximate surface area is 163 Å². The Morgan fingerprint density at radius 1 is 1.27 bits per heavy atom. The first kappa shape index (κ1) is 18.9. The highest BCUT2D eigenvalue weighted by Gasteiger charge is 2.34. The first-order valence-corrected chi connectivity index (χ1v) is 9.16. The minimum Gasteiger partial charge on any atom is -0.487 e. The normalized spacial score (nSPS) is 17.8. The van der Waals surface area contributed by atoms with Crippen molar-refractivity contribution in [3.63, 3.8) is 0 Å². The van der Waals surface area contributed by atoms with Crippen LogP contribution in [-0.4, -0.2) is 18.1 Å². The molecule has 4 nitrogen and oxygen atoms in total. The zero-order valence-electron chi connectivity index (χ0n) is 14.9. The molecule has 1 heterocycles. The standard InChI is InChI=1S/C20H21Cl2NO3/c1-12-4-6-14-16(10-20(2,3)26-18(14)8-12)23-19(24)11-25-17-7-5-13(21)9-15(17)22/h4-9,16H,10-11H2,1-3H3,(H,23,24). The fourth-order valence-corrected chi connectivity index (χ4v) is 3.52. The van der Waals surface area contributed by atoms with Gasteiger partial charge in [-0.1, -0.05) is 35.3 Å². The van der Waals surface area contributed by atoms with Crippen LogP contribution in [0.4, 0.5) is 0 Å². The van der Waals surface area contributed by atoms with Gasteiger partial charge in [0.15, 0.2) is 6.61 Å². The molecule has 3 rings (SSSR count). The van der Waals surface area contributed by atoms with Crippen LogP contribution in [0.3, 0.4) is 0 Å². The molecule has 0 fully saturated rings. The number of ether oxygens (including phenoxy) is 2. The average Bonchev–Trinajstić information content (AvgIpc) is 2.52. The molecule has 1 aliphatic rings. The maximum Gasteiger partial charge on any atom is 0.258 e. The van der Waals surface area contributed by atoms with E-state index < -0.39 is 0 Å². The minimum absolute atomic E-state index is 0.125. The van der Waals surface area contributed by atoms with Crippen molar-refractivity contribution in [1.82, 2.24) is 5.32 Å². The summed E-state index contributed by atoms with van der Waals surface area (Å²) in [6.07, 6.45) is 0.677. The zero-order valence-corrected chi connectivity index (χ0v) is 16.4. The number of nitrogens with one attached hydrogen (secondary N) is 1. The van der Waals surface area contributed by atoms with Crippen molar-refractivity contribution >= 4 is 29.1 Å². The Morgan fingerprint density at radius 2 is 2.04 bits per heavy atom. The number of rotatable bonds is 4. The van der Waals surface area contributed by atoms with E-state index in [0.717, 1.165) is 16.9 Å². The van der Waals surface area contributed by atoms with Gasteiger partial charge in [-0.05, 0) is 50.6 Å². The predicted molar refractivity (Wildman–Crippen MR) is 103 cm³/mol. The van der Waals surface area contributed by atoms with Gasteiger partial charge in [0.2, 0.25) is 0 Å². The summed E-state index contributed by atoms with van der Waals surface area (Å²) in [7, 11) is 0. The third kappa shape index (κ3) is 4.43. The molecule has 0 aliphatic carbocycles. The van der Waals surface area contributed by atoms with Gasteiger partial charge in [0.05, 0.1) is 11.1 Å². The number of benzene rings is 2. The van der Waals surface area contributed by atoms with Gasteiger partial charge in [-0.3, -0.25) is 4.79 Å². The number of hydrogen-bond donors (Lipinski definition) is 1. The van der Waals surface area contributed by atoms with E-state index in [9.17, 15) is 4.79 Å². The summed E-state index contributed by atoms with van der Waals surface area (Å²) in [4.78, 5) is 12.4. The number of amides is 1. The first-order chi connectivity index (χ1) is 12.2. The third-order valence-electron chi connectivity index (χ3n) is 4.21. The monoisotopic (exact) mass is 393 g/mol. The molecular formula is C20H21Cl2NO3. The van der Waals surface area contributed by atoms with Crippen LogP contribution >= 0.6 is 23.2 Å². The van der Waals surface area contributed by atoms with E-state index in [2.05, 4.69) is 5.32 Å². The lowest BCUT2D eigenvalue weighted by Crippen LogP contribution is -2.42. The van der Waals surface area contributed by atoms with Crippen LogP contribution < -0.4 is 14.8 Å². The first-order valence-electron chi connectivity index (χ1n) is 8.40. The Bertz CT molecular complexity index is 836. The molecule has 0 bridgehead atoms. The molecule has 6 heteroatoms. The molecule has 26 heavy (non-hydrogen) atoms. The number of fused-ring (bicyclic) bond motifs is 1. The molecule has 0 radical (unpaired) electrons. The van der Waals surface area contributed by atoms with E-state index in [1.165, 1.54) is 0 Å². The van der Waals surface area contributed by atoms with E-state index >= 15 is 0 Å². The lowest BCUT2D eigenvalue weighted by atomic mass is 9.89. The van der Waals surface area contributed by atoms with Crippen molar-refractivity contribution < 1.29 is 14.3 Å². The molecular weight excluding hydrogens is 373 g/mol. The summed E-state index contributed by atoms with van der Waals surface area (Å²) < 4.78 is 11.6. The second-order valence-corrected chi connectivity index (χ2v) is 7.93. The molecule has 138 valence electrons. The number of halogens is 2. The third-order valence-corrected chi connectivity index (χ3v) is 4.74. The van der Waals surface area contributed by atoms with Crippen LogP contribution in [0.5, 0.6) is 11.5 Å². The Morgan fingerprint density at radius 3 is 2.77 bits per heavy atom. The maximum absolute atomic E-state index is 12.4. The quantitative estimate of drug-likeness (QED) is 0.785. The lowest BCUT2D eigenvalue weighted by Gasteiger charge is -2.38. The van der Waals surface area contributed by atoms with Crippen molar-refractivity contribution in [2.24, 2.45) is 0 Å². The van der Waals surface area contributed by atoms with Crippen LogP contribution in [0.15, 0.2) is 36.4 Å². The number of carbonyl (C=O) groups excluding carboxylic acids is 1.